The number of hydrogen-bond acceptors (Lipinski definition) is 6. The molecule has 0 saturated heterocycles. The molecule has 200 valence electrons. The zero-order chi connectivity index (χ0) is 27.8. The number of rotatable bonds is 5. The van der Waals surface area contributed by atoms with Gasteiger partial charge in [0.25, 0.3) is 0 Å². The molecule has 2 heterocycles. The molecule has 3 aromatic rings. The van der Waals surface area contributed by atoms with Crippen molar-refractivity contribution < 1.29 is 14.0 Å². The zero-order valence-electron chi connectivity index (χ0n) is 20.9. The van der Waals surface area contributed by atoms with Gasteiger partial charge in [-0.3, -0.25) is 19.6 Å². The Kier molecular flexibility index (Phi) is 9.03. The van der Waals surface area contributed by atoms with Gasteiger partial charge in [-0.05, 0) is 73.0 Å². The molecule has 0 saturated carbocycles. The van der Waals surface area contributed by atoms with E-state index < -0.39 is 11.9 Å². The molecule has 39 heavy (non-hydrogen) atoms. The van der Waals surface area contributed by atoms with E-state index in [0.29, 0.717) is 46.1 Å². The minimum atomic E-state index is -0.471. The van der Waals surface area contributed by atoms with Crippen LogP contribution < -0.4 is 27.3 Å². The molecule has 2 amide bonds. The second-order valence-corrected chi connectivity index (χ2v) is 9.16. The first-order chi connectivity index (χ1) is 18.8. The minimum Gasteiger partial charge on any atom is -0.344 e. The van der Waals surface area contributed by atoms with Crippen LogP contribution in [0, 0.1) is 5.82 Å². The van der Waals surface area contributed by atoms with E-state index in [1.165, 1.54) is 29.6 Å². The summed E-state index contributed by atoms with van der Waals surface area (Å²) in [5, 5.41) is 10.9. The zero-order valence-corrected chi connectivity index (χ0v) is 21.6. The standard InChI is InChI=1S/C28H27ClFN7O2/c29-20-7-10-26(37(32)17-34-31)19(14-20)6-11-28(39)35-23-4-2-1-3-5-27(38)36-24-16-21(30)8-9-22(24)18-12-13-33-25(23)15-18/h1-2,6-17,23H,3-5,31-32H2,(H,35,39)(H,36,38)/b2-1+,11-6+,34-17-/t23-/m0/s1. The van der Waals surface area contributed by atoms with Crippen molar-refractivity contribution in [3.8, 4) is 11.1 Å². The van der Waals surface area contributed by atoms with Crippen molar-refractivity contribution >= 4 is 47.2 Å². The molecule has 11 heteroatoms. The van der Waals surface area contributed by atoms with Crippen molar-refractivity contribution in [3.05, 3.63) is 95.1 Å². The van der Waals surface area contributed by atoms with Gasteiger partial charge in [-0.1, -0.05) is 23.8 Å². The number of fused-ring (bicyclic) bond motifs is 4. The summed E-state index contributed by atoms with van der Waals surface area (Å²) in [5.74, 6) is 10.1. The number of halogens is 2. The molecule has 0 aliphatic carbocycles. The van der Waals surface area contributed by atoms with E-state index in [1.807, 2.05) is 18.2 Å². The topological polar surface area (TPSA) is 139 Å². The van der Waals surface area contributed by atoms with Gasteiger partial charge in [0.1, 0.15) is 12.2 Å². The van der Waals surface area contributed by atoms with E-state index in [0.717, 1.165) is 5.56 Å². The summed E-state index contributed by atoms with van der Waals surface area (Å²) in [7, 11) is 0. The Labute approximate surface area is 230 Å². The van der Waals surface area contributed by atoms with E-state index in [9.17, 15) is 14.0 Å². The van der Waals surface area contributed by atoms with Crippen LogP contribution in [0.25, 0.3) is 17.2 Å². The minimum absolute atomic E-state index is 0.218. The van der Waals surface area contributed by atoms with Crippen LogP contribution in [0.2, 0.25) is 5.02 Å². The van der Waals surface area contributed by atoms with Crippen LogP contribution in [0.3, 0.4) is 0 Å². The highest BCUT2D eigenvalue weighted by Gasteiger charge is 2.17. The normalized spacial score (nSPS) is 16.5. The Balaban J connectivity index is 1.63. The Bertz CT molecular complexity index is 1460. The molecule has 1 aliphatic rings. The van der Waals surface area contributed by atoms with Crippen molar-refractivity contribution in [2.75, 3.05) is 10.3 Å². The van der Waals surface area contributed by atoms with Crippen molar-refractivity contribution in [2.24, 2.45) is 16.8 Å². The number of pyridine rings is 1. The molecule has 4 rings (SSSR count). The Morgan fingerprint density at radius 1 is 1.21 bits per heavy atom. The number of anilines is 2. The van der Waals surface area contributed by atoms with Crippen molar-refractivity contribution in [1.29, 1.82) is 0 Å². The average molecular weight is 548 g/mol. The summed E-state index contributed by atoms with van der Waals surface area (Å²) in [5.41, 5.74) is 3.46. The molecular weight excluding hydrogens is 521 g/mol. The number of carbonyl (C=O) groups is 2. The van der Waals surface area contributed by atoms with Crippen LogP contribution >= 0.6 is 11.6 Å². The summed E-state index contributed by atoms with van der Waals surface area (Å²) < 4.78 is 14.0. The molecule has 0 fully saturated rings. The summed E-state index contributed by atoms with van der Waals surface area (Å²) in [4.78, 5) is 29.9. The Morgan fingerprint density at radius 2 is 2.05 bits per heavy atom. The highest BCUT2D eigenvalue weighted by atomic mass is 35.5. The number of nitrogens with two attached hydrogens (primary N) is 2. The number of amides is 2. The lowest BCUT2D eigenvalue weighted by Gasteiger charge is -2.18. The van der Waals surface area contributed by atoms with E-state index in [2.05, 4.69) is 20.7 Å². The molecule has 1 aromatic heterocycles. The quantitative estimate of drug-likeness (QED) is 0.0914. The van der Waals surface area contributed by atoms with Gasteiger partial charge >= 0.3 is 0 Å². The number of nitrogens with zero attached hydrogens (tertiary/aromatic N) is 3. The molecule has 2 aromatic carbocycles. The highest BCUT2D eigenvalue weighted by Crippen LogP contribution is 2.31. The number of aromatic nitrogens is 1. The fraction of sp³-hybridized carbons (Fsp3) is 0.143. The number of hydrazine groups is 1. The molecular formula is C28H27ClFN7O2. The van der Waals surface area contributed by atoms with Gasteiger partial charge in [0.2, 0.25) is 11.8 Å². The van der Waals surface area contributed by atoms with Crippen LogP contribution in [0.4, 0.5) is 15.8 Å². The van der Waals surface area contributed by atoms with Gasteiger partial charge in [-0.25, -0.2) is 10.2 Å². The molecule has 0 radical (unpaired) electrons. The van der Waals surface area contributed by atoms with Gasteiger partial charge in [0.15, 0.2) is 0 Å². The van der Waals surface area contributed by atoms with Gasteiger partial charge < -0.3 is 16.5 Å². The van der Waals surface area contributed by atoms with Gasteiger partial charge in [0.05, 0.1) is 23.1 Å². The third-order valence-electron chi connectivity index (χ3n) is 5.97. The van der Waals surface area contributed by atoms with Crippen molar-refractivity contribution in [2.45, 2.75) is 25.3 Å². The van der Waals surface area contributed by atoms with Crippen LogP contribution in [-0.2, 0) is 9.59 Å². The molecule has 0 spiro atoms. The monoisotopic (exact) mass is 547 g/mol. The van der Waals surface area contributed by atoms with Gasteiger partial charge in [0, 0.05) is 34.8 Å². The molecule has 1 atom stereocenters. The molecule has 9 nitrogen and oxygen atoms in total. The first kappa shape index (κ1) is 27.5. The predicted molar refractivity (Wildman–Crippen MR) is 152 cm³/mol. The van der Waals surface area contributed by atoms with E-state index in [-0.39, 0.29) is 18.2 Å². The molecule has 2 bridgehead atoms. The average Bonchev–Trinajstić information content (AvgIpc) is 2.91. The van der Waals surface area contributed by atoms with Crippen molar-refractivity contribution in [3.63, 3.8) is 0 Å². The fourth-order valence-corrected chi connectivity index (χ4v) is 4.30. The van der Waals surface area contributed by atoms with Crippen LogP contribution in [0.1, 0.15) is 36.6 Å². The lowest BCUT2D eigenvalue weighted by atomic mass is 10.0. The maximum atomic E-state index is 14.0. The maximum absolute atomic E-state index is 14.0. The number of benzene rings is 2. The third-order valence-corrected chi connectivity index (χ3v) is 6.21. The largest absolute Gasteiger partial charge is 0.344 e. The van der Waals surface area contributed by atoms with Crippen LogP contribution in [0.15, 0.2) is 78.1 Å². The Morgan fingerprint density at radius 3 is 2.87 bits per heavy atom. The number of carbonyl (C=O) groups excluding carboxylic acids is 2. The third kappa shape index (κ3) is 7.28. The van der Waals surface area contributed by atoms with E-state index in [1.54, 1.807) is 42.6 Å². The highest BCUT2D eigenvalue weighted by molar-refractivity contribution is 6.30. The molecule has 1 aliphatic heterocycles. The van der Waals surface area contributed by atoms with Crippen molar-refractivity contribution in [1.82, 2.24) is 10.3 Å². The van der Waals surface area contributed by atoms with Gasteiger partial charge in [-0.2, -0.15) is 5.10 Å². The summed E-state index contributed by atoms with van der Waals surface area (Å²) in [6.45, 7) is 0. The lowest BCUT2D eigenvalue weighted by Crippen LogP contribution is -2.30. The smallest absolute Gasteiger partial charge is 0.244 e. The number of hydrazone groups is 1. The fourth-order valence-electron chi connectivity index (χ4n) is 4.12. The number of hydrogen-bond donors (Lipinski definition) is 4. The summed E-state index contributed by atoms with van der Waals surface area (Å²) in [6, 6.07) is 12.3. The second kappa shape index (κ2) is 12.8. The first-order valence-corrected chi connectivity index (χ1v) is 12.5. The maximum Gasteiger partial charge on any atom is 0.244 e. The number of nitrogens with one attached hydrogen (secondary N) is 2. The predicted octanol–water partition coefficient (Wildman–Crippen LogP) is 4.67. The lowest BCUT2D eigenvalue weighted by molar-refractivity contribution is -0.117. The van der Waals surface area contributed by atoms with Crippen LogP contribution in [-0.4, -0.2) is 23.1 Å². The molecule has 0 unspecified atom stereocenters. The van der Waals surface area contributed by atoms with E-state index in [4.69, 9.17) is 23.3 Å². The van der Waals surface area contributed by atoms with Crippen LogP contribution in [0.5, 0.6) is 0 Å². The summed E-state index contributed by atoms with van der Waals surface area (Å²) >= 11 is 6.15. The first-order valence-electron chi connectivity index (χ1n) is 12.1. The van der Waals surface area contributed by atoms with Gasteiger partial charge in [-0.15, -0.1) is 0 Å². The second-order valence-electron chi connectivity index (χ2n) is 8.72. The summed E-state index contributed by atoms with van der Waals surface area (Å²) in [6.07, 6.45) is 10.7. The molecule has 6 N–H and O–H groups in total. The van der Waals surface area contributed by atoms with E-state index >= 15 is 0 Å². The SMILES string of the molecule is N/N=C\N(N)c1ccc(Cl)cc1/C=C/C(=O)N[C@H]1C/C=C/CCC(=O)Nc2cc(F)ccc2-c2ccnc1c2. The number of allylic oxidation sites excluding steroid dienone is 1. The Hall–Kier alpha value is -4.54.